The number of carbonyl (C=O) groups is 1. The lowest BCUT2D eigenvalue weighted by Crippen LogP contribution is -2.37. The Morgan fingerprint density at radius 2 is 2.29 bits per heavy atom. The Morgan fingerprint density at radius 1 is 1.41 bits per heavy atom. The predicted molar refractivity (Wildman–Crippen MR) is 73.8 cm³/mol. The van der Waals surface area contributed by atoms with Crippen molar-refractivity contribution in [2.24, 2.45) is 5.41 Å². The van der Waals surface area contributed by atoms with E-state index in [0.717, 1.165) is 32.6 Å². The van der Waals surface area contributed by atoms with Gasteiger partial charge in [0, 0.05) is 25.0 Å². The van der Waals surface area contributed by atoms with Crippen molar-refractivity contribution in [3.8, 4) is 0 Å². The van der Waals surface area contributed by atoms with Gasteiger partial charge in [0.05, 0.1) is 5.25 Å². The third-order valence-electron chi connectivity index (χ3n) is 4.29. The van der Waals surface area contributed by atoms with Gasteiger partial charge in [0.2, 0.25) is 5.91 Å². The first-order valence-corrected chi connectivity index (χ1v) is 7.45. The molecule has 3 heterocycles. The highest BCUT2D eigenvalue weighted by Gasteiger charge is 2.43. The molecule has 0 bridgehead atoms. The summed E-state index contributed by atoms with van der Waals surface area (Å²) < 4.78 is 0. The summed E-state index contributed by atoms with van der Waals surface area (Å²) in [6, 6.07) is 0. The molecule has 1 N–H and O–H groups in total. The van der Waals surface area contributed by atoms with Gasteiger partial charge in [-0.3, -0.25) is 4.79 Å². The highest BCUT2D eigenvalue weighted by Crippen LogP contribution is 2.38. The molecule has 3 fully saturated rings. The summed E-state index contributed by atoms with van der Waals surface area (Å²) in [6.07, 6.45) is 4.80. The van der Waals surface area contributed by atoms with Crippen molar-refractivity contribution >= 4 is 30.1 Å². The molecule has 3 aliphatic rings. The van der Waals surface area contributed by atoms with Crippen molar-refractivity contribution in [1.29, 1.82) is 0 Å². The van der Waals surface area contributed by atoms with E-state index in [-0.39, 0.29) is 17.7 Å². The normalized spacial score (nSPS) is 36.5. The van der Waals surface area contributed by atoms with Gasteiger partial charge in [0.1, 0.15) is 0 Å². The van der Waals surface area contributed by atoms with E-state index in [0.29, 0.717) is 11.3 Å². The highest BCUT2D eigenvalue weighted by molar-refractivity contribution is 8.00. The van der Waals surface area contributed by atoms with Crippen molar-refractivity contribution in [1.82, 2.24) is 10.2 Å². The number of nitrogens with zero attached hydrogens (tertiary/aromatic N) is 1. The van der Waals surface area contributed by atoms with E-state index in [2.05, 4.69) is 10.2 Å². The van der Waals surface area contributed by atoms with Gasteiger partial charge in [-0.25, -0.2) is 0 Å². The van der Waals surface area contributed by atoms with Crippen LogP contribution >= 0.6 is 24.2 Å². The summed E-state index contributed by atoms with van der Waals surface area (Å²) in [4.78, 5) is 14.4. The number of thioether (sulfide) groups is 1. The number of hydrogen-bond acceptors (Lipinski definition) is 3. The van der Waals surface area contributed by atoms with E-state index in [1.165, 1.54) is 25.0 Å². The van der Waals surface area contributed by atoms with Crippen LogP contribution in [0.15, 0.2) is 0 Å². The summed E-state index contributed by atoms with van der Waals surface area (Å²) in [7, 11) is 0. The van der Waals surface area contributed by atoms with Crippen LogP contribution in [0, 0.1) is 5.41 Å². The topological polar surface area (TPSA) is 32.3 Å². The van der Waals surface area contributed by atoms with Crippen LogP contribution in [0.25, 0.3) is 0 Å². The summed E-state index contributed by atoms with van der Waals surface area (Å²) in [5.41, 5.74) is 0.429. The lowest BCUT2D eigenvalue weighted by atomic mass is 9.86. The zero-order chi connectivity index (χ0) is 11.0. The van der Waals surface area contributed by atoms with Crippen molar-refractivity contribution < 1.29 is 4.79 Å². The standard InChI is InChI=1S/C12H20N2OS.ClH/c15-11(10-2-1-7-16-10)14-6-4-12(9-14)3-5-13-8-12;/h10,13H,1-9H2;1H. The Kier molecular flexibility index (Phi) is 4.26. The number of likely N-dealkylation sites (tertiary alicyclic amines) is 1. The molecule has 3 saturated heterocycles. The van der Waals surface area contributed by atoms with Gasteiger partial charge < -0.3 is 10.2 Å². The van der Waals surface area contributed by atoms with Crippen molar-refractivity contribution in [2.75, 3.05) is 31.9 Å². The second-order valence-corrected chi connectivity index (χ2v) is 6.75. The molecule has 1 amide bonds. The molecule has 5 heteroatoms. The zero-order valence-electron chi connectivity index (χ0n) is 10.1. The lowest BCUT2D eigenvalue weighted by Gasteiger charge is -2.24. The quantitative estimate of drug-likeness (QED) is 0.788. The Labute approximate surface area is 113 Å². The Bertz CT molecular complexity index is 288. The van der Waals surface area contributed by atoms with Crippen LogP contribution in [0.2, 0.25) is 0 Å². The van der Waals surface area contributed by atoms with Crippen molar-refractivity contribution in [2.45, 2.75) is 30.9 Å². The molecule has 0 aromatic rings. The zero-order valence-corrected chi connectivity index (χ0v) is 11.7. The number of amides is 1. The van der Waals surface area contributed by atoms with Gasteiger partial charge in [-0.1, -0.05) is 0 Å². The molecule has 0 radical (unpaired) electrons. The van der Waals surface area contributed by atoms with Crippen LogP contribution in [-0.4, -0.2) is 48.0 Å². The second-order valence-electron chi connectivity index (χ2n) is 5.44. The largest absolute Gasteiger partial charge is 0.341 e. The van der Waals surface area contributed by atoms with E-state index >= 15 is 0 Å². The van der Waals surface area contributed by atoms with Crippen LogP contribution in [0.5, 0.6) is 0 Å². The van der Waals surface area contributed by atoms with Gasteiger partial charge in [-0.15, -0.1) is 24.2 Å². The molecular formula is C12H21ClN2OS. The van der Waals surface area contributed by atoms with Gasteiger partial charge in [-0.05, 0) is 38.0 Å². The summed E-state index contributed by atoms with van der Waals surface area (Å²) in [5.74, 6) is 1.60. The molecular weight excluding hydrogens is 256 g/mol. The lowest BCUT2D eigenvalue weighted by molar-refractivity contribution is -0.129. The highest BCUT2D eigenvalue weighted by atomic mass is 35.5. The molecule has 2 unspecified atom stereocenters. The average molecular weight is 277 g/mol. The Hall–Kier alpha value is 0.0700. The summed E-state index contributed by atoms with van der Waals surface area (Å²) in [6.45, 7) is 4.27. The van der Waals surface area contributed by atoms with Gasteiger partial charge in [-0.2, -0.15) is 0 Å². The third kappa shape index (κ3) is 2.59. The minimum absolute atomic E-state index is 0. The minimum atomic E-state index is 0. The average Bonchev–Trinajstić information content (AvgIpc) is 3.01. The van der Waals surface area contributed by atoms with Crippen LogP contribution < -0.4 is 5.32 Å². The van der Waals surface area contributed by atoms with Gasteiger partial charge >= 0.3 is 0 Å². The van der Waals surface area contributed by atoms with Crippen LogP contribution in [0.4, 0.5) is 0 Å². The van der Waals surface area contributed by atoms with Crippen molar-refractivity contribution in [3.05, 3.63) is 0 Å². The molecule has 2 atom stereocenters. The molecule has 1 spiro atoms. The van der Waals surface area contributed by atoms with E-state index < -0.39 is 0 Å². The monoisotopic (exact) mass is 276 g/mol. The summed E-state index contributed by atoms with van der Waals surface area (Å²) >= 11 is 1.86. The fourth-order valence-electron chi connectivity index (χ4n) is 3.24. The first-order valence-electron chi connectivity index (χ1n) is 6.40. The second kappa shape index (κ2) is 5.37. The Balaban J connectivity index is 0.00000108. The number of carbonyl (C=O) groups excluding carboxylic acids is 1. The Morgan fingerprint density at radius 3 is 2.94 bits per heavy atom. The maximum atomic E-state index is 12.3. The van der Waals surface area contributed by atoms with E-state index in [4.69, 9.17) is 0 Å². The van der Waals surface area contributed by atoms with Gasteiger partial charge in [0.25, 0.3) is 0 Å². The molecule has 3 nitrogen and oxygen atoms in total. The van der Waals surface area contributed by atoms with Crippen LogP contribution in [-0.2, 0) is 4.79 Å². The molecule has 0 saturated carbocycles. The first kappa shape index (κ1) is 13.5. The van der Waals surface area contributed by atoms with E-state index in [1.807, 2.05) is 11.8 Å². The van der Waals surface area contributed by atoms with Crippen LogP contribution in [0.1, 0.15) is 25.7 Å². The molecule has 0 aliphatic carbocycles. The van der Waals surface area contributed by atoms with Gasteiger partial charge in [0.15, 0.2) is 0 Å². The van der Waals surface area contributed by atoms with E-state index in [9.17, 15) is 4.79 Å². The number of halogens is 1. The molecule has 3 rings (SSSR count). The van der Waals surface area contributed by atoms with Crippen molar-refractivity contribution in [3.63, 3.8) is 0 Å². The molecule has 3 aliphatic heterocycles. The maximum Gasteiger partial charge on any atom is 0.235 e. The predicted octanol–water partition coefficient (Wildman–Crippen LogP) is 1.52. The number of rotatable bonds is 1. The smallest absolute Gasteiger partial charge is 0.235 e. The first-order chi connectivity index (χ1) is 7.79. The molecule has 17 heavy (non-hydrogen) atoms. The summed E-state index contributed by atoms with van der Waals surface area (Å²) in [5, 5.41) is 3.72. The SMILES string of the molecule is Cl.O=C(C1CCCS1)N1CCC2(CCNC2)C1. The minimum Gasteiger partial charge on any atom is -0.341 e. The number of hydrogen-bond donors (Lipinski definition) is 1. The number of nitrogens with one attached hydrogen (secondary N) is 1. The molecule has 98 valence electrons. The van der Waals surface area contributed by atoms with Crippen LogP contribution in [0.3, 0.4) is 0 Å². The fraction of sp³-hybridized carbons (Fsp3) is 0.917. The third-order valence-corrected chi connectivity index (χ3v) is 5.65. The fourth-order valence-corrected chi connectivity index (χ4v) is 4.49. The maximum absolute atomic E-state index is 12.3. The van der Waals surface area contributed by atoms with E-state index in [1.54, 1.807) is 0 Å². The molecule has 0 aromatic carbocycles. The molecule has 0 aromatic heterocycles.